The molecule has 136 valence electrons. The molecule has 1 unspecified atom stereocenters. The lowest BCUT2D eigenvalue weighted by Crippen LogP contribution is -2.17. The fourth-order valence-electron chi connectivity index (χ4n) is 3.17. The molecule has 3 rings (SSSR count). The van der Waals surface area contributed by atoms with E-state index < -0.39 is 0 Å². The van der Waals surface area contributed by atoms with Crippen molar-refractivity contribution in [3.05, 3.63) is 66.4 Å². The van der Waals surface area contributed by atoms with Crippen LogP contribution in [0.3, 0.4) is 0 Å². The minimum atomic E-state index is -0.352. The molecule has 0 saturated heterocycles. The first-order chi connectivity index (χ1) is 12.8. The van der Waals surface area contributed by atoms with Crippen molar-refractivity contribution in [2.45, 2.75) is 32.4 Å². The summed E-state index contributed by atoms with van der Waals surface area (Å²) in [5, 5.41) is 4.75. The van der Waals surface area contributed by atoms with Crippen molar-refractivity contribution >= 4 is 22.9 Å². The third-order valence-corrected chi connectivity index (χ3v) is 4.51. The highest BCUT2D eigenvalue weighted by Crippen LogP contribution is 2.16. The van der Waals surface area contributed by atoms with Crippen LogP contribution < -0.4 is 5.32 Å². The SMILES string of the molecule is CCOC(C=O)Cc1ccc(NCCCn2ccc3ccccc32)cc1. The third-order valence-electron chi connectivity index (χ3n) is 4.51. The largest absolute Gasteiger partial charge is 0.385 e. The number of benzene rings is 2. The highest BCUT2D eigenvalue weighted by Gasteiger charge is 2.07. The maximum Gasteiger partial charge on any atom is 0.149 e. The van der Waals surface area contributed by atoms with Crippen LogP contribution in [0.15, 0.2) is 60.8 Å². The molecular weight excluding hydrogens is 324 g/mol. The topological polar surface area (TPSA) is 43.3 Å². The van der Waals surface area contributed by atoms with Crippen molar-refractivity contribution in [3.8, 4) is 0 Å². The van der Waals surface area contributed by atoms with Crippen molar-refractivity contribution in [1.82, 2.24) is 4.57 Å². The second-order valence-corrected chi connectivity index (χ2v) is 6.38. The van der Waals surface area contributed by atoms with Crippen molar-refractivity contribution in [2.24, 2.45) is 0 Å². The number of fused-ring (bicyclic) bond motifs is 1. The second kappa shape index (κ2) is 9.20. The zero-order valence-electron chi connectivity index (χ0n) is 15.2. The number of nitrogens with zero attached hydrogens (tertiary/aromatic N) is 1. The number of ether oxygens (including phenoxy) is 1. The number of carbonyl (C=O) groups is 1. The van der Waals surface area contributed by atoms with Gasteiger partial charge in [0, 0.05) is 43.5 Å². The average molecular weight is 350 g/mol. The summed E-state index contributed by atoms with van der Waals surface area (Å²) in [6.45, 7) is 4.37. The standard InChI is InChI=1S/C22H26N2O2/c1-2-26-21(17-25)16-18-8-10-20(11-9-18)23-13-5-14-24-15-12-19-6-3-4-7-22(19)24/h3-4,6-12,15,17,21,23H,2,5,13-14,16H2,1H3. The highest BCUT2D eigenvalue weighted by molar-refractivity contribution is 5.79. The van der Waals surface area contributed by atoms with Crippen LogP contribution >= 0.6 is 0 Å². The number of nitrogens with one attached hydrogen (secondary N) is 1. The Balaban J connectivity index is 1.45. The molecule has 1 aromatic heterocycles. The van der Waals surface area contributed by atoms with Crippen molar-refractivity contribution in [1.29, 1.82) is 0 Å². The van der Waals surface area contributed by atoms with Gasteiger partial charge in [-0.25, -0.2) is 0 Å². The molecule has 26 heavy (non-hydrogen) atoms. The van der Waals surface area contributed by atoms with Gasteiger partial charge in [-0.05, 0) is 48.6 Å². The number of aldehydes is 1. The van der Waals surface area contributed by atoms with E-state index in [1.54, 1.807) is 0 Å². The third kappa shape index (κ3) is 4.73. The van der Waals surface area contributed by atoms with Gasteiger partial charge >= 0.3 is 0 Å². The van der Waals surface area contributed by atoms with E-state index in [2.05, 4.69) is 70.7 Å². The number of hydrogen-bond donors (Lipinski definition) is 1. The van der Waals surface area contributed by atoms with Gasteiger partial charge in [0.2, 0.25) is 0 Å². The summed E-state index contributed by atoms with van der Waals surface area (Å²) in [6, 6.07) is 18.9. The van der Waals surface area contributed by atoms with E-state index in [-0.39, 0.29) is 6.10 Å². The molecule has 0 spiro atoms. The molecule has 1 N–H and O–H groups in total. The molecule has 4 nitrogen and oxygen atoms in total. The average Bonchev–Trinajstić information content (AvgIpc) is 3.09. The van der Waals surface area contributed by atoms with Crippen LogP contribution in [0.25, 0.3) is 10.9 Å². The Labute approximate surface area is 154 Å². The number of aromatic nitrogens is 1. The zero-order valence-corrected chi connectivity index (χ0v) is 15.2. The van der Waals surface area contributed by atoms with Gasteiger partial charge in [0.25, 0.3) is 0 Å². The van der Waals surface area contributed by atoms with Crippen LogP contribution in [0.2, 0.25) is 0 Å². The van der Waals surface area contributed by atoms with Gasteiger partial charge in [-0.2, -0.15) is 0 Å². The van der Waals surface area contributed by atoms with Crippen molar-refractivity contribution in [2.75, 3.05) is 18.5 Å². The molecular formula is C22H26N2O2. The van der Waals surface area contributed by atoms with Gasteiger partial charge in [0.15, 0.2) is 0 Å². The monoisotopic (exact) mass is 350 g/mol. The zero-order chi connectivity index (χ0) is 18.2. The lowest BCUT2D eigenvalue weighted by atomic mass is 10.1. The molecule has 0 amide bonds. The van der Waals surface area contributed by atoms with Crippen LogP contribution in [-0.2, 0) is 22.5 Å². The summed E-state index contributed by atoms with van der Waals surface area (Å²) >= 11 is 0. The van der Waals surface area contributed by atoms with E-state index in [9.17, 15) is 4.79 Å². The van der Waals surface area contributed by atoms with Crippen LogP contribution in [-0.4, -0.2) is 30.1 Å². The highest BCUT2D eigenvalue weighted by atomic mass is 16.5. The molecule has 1 heterocycles. The van der Waals surface area contributed by atoms with Gasteiger partial charge in [-0.3, -0.25) is 0 Å². The molecule has 0 fully saturated rings. The molecule has 0 aliphatic heterocycles. The molecule has 0 aliphatic carbocycles. The van der Waals surface area contributed by atoms with Gasteiger partial charge in [-0.1, -0.05) is 30.3 Å². The summed E-state index contributed by atoms with van der Waals surface area (Å²) < 4.78 is 7.68. The Kier molecular flexibility index (Phi) is 6.45. The quantitative estimate of drug-likeness (QED) is 0.438. The Hall–Kier alpha value is -2.59. The van der Waals surface area contributed by atoms with Gasteiger partial charge in [0.1, 0.15) is 12.4 Å². The molecule has 4 heteroatoms. The number of rotatable bonds is 10. The summed E-state index contributed by atoms with van der Waals surface area (Å²) in [5.41, 5.74) is 3.50. The number of aryl methyl sites for hydroxylation is 1. The number of hydrogen-bond acceptors (Lipinski definition) is 3. The predicted octanol–water partition coefficient (Wildman–Crippen LogP) is 4.29. The Bertz CT molecular complexity index is 824. The van der Waals surface area contributed by atoms with Crippen LogP contribution in [0, 0.1) is 0 Å². The lowest BCUT2D eigenvalue weighted by Gasteiger charge is -2.12. The van der Waals surface area contributed by atoms with Gasteiger partial charge in [0.05, 0.1) is 0 Å². The first-order valence-electron chi connectivity index (χ1n) is 9.23. The minimum Gasteiger partial charge on any atom is -0.385 e. The van der Waals surface area contributed by atoms with Crippen molar-refractivity contribution in [3.63, 3.8) is 0 Å². The molecule has 1 atom stereocenters. The van der Waals surface area contributed by atoms with E-state index in [1.807, 2.05) is 6.92 Å². The summed E-state index contributed by atoms with van der Waals surface area (Å²) in [6.07, 6.45) is 4.35. The molecule has 2 aromatic carbocycles. The maximum absolute atomic E-state index is 11.0. The Morgan fingerprint density at radius 2 is 1.92 bits per heavy atom. The van der Waals surface area contributed by atoms with E-state index in [4.69, 9.17) is 4.74 Å². The van der Waals surface area contributed by atoms with E-state index in [1.165, 1.54) is 10.9 Å². The van der Waals surface area contributed by atoms with Crippen molar-refractivity contribution < 1.29 is 9.53 Å². The Morgan fingerprint density at radius 3 is 2.69 bits per heavy atom. The first-order valence-corrected chi connectivity index (χ1v) is 9.23. The first kappa shape index (κ1) is 18.2. The van der Waals surface area contributed by atoms with E-state index >= 15 is 0 Å². The number of carbonyl (C=O) groups excluding carboxylic acids is 1. The molecule has 3 aromatic rings. The van der Waals surface area contributed by atoms with Gasteiger partial charge in [-0.15, -0.1) is 0 Å². The Morgan fingerprint density at radius 1 is 1.12 bits per heavy atom. The summed E-state index contributed by atoms with van der Waals surface area (Å²) in [4.78, 5) is 11.0. The van der Waals surface area contributed by atoms with Gasteiger partial charge < -0.3 is 19.4 Å². The second-order valence-electron chi connectivity index (χ2n) is 6.38. The molecule has 0 aliphatic rings. The maximum atomic E-state index is 11.0. The van der Waals surface area contributed by atoms with E-state index in [0.717, 1.165) is 37.0 Å². The molecule has 0 bridgehead atoms. The smallest absolute Gasteiger partial charge is 0.149 e. The van der Waals surface area contributed by atoms with Crippen LogP contribution in [0.1, 0.15) is 18.9 Å². The summed E-state index contributed by atoms with van der Waals surface area (Å²) in [7, 11) is 0. The minimum absolute atomic E-state index is 0.352. The summed E-state index contributed by atoms with van der Waals surface area (Å²) in [5.74, 6) is 0. The fourth-order valence-corrected chi connectivity index (χ4v) is 3.17. The molecule has 0 radical (unpaired) electrons. The number of anilines is 1. The van der Waals surface area contributed by atoms with E-state index in [0.29, 0.717) is 13.0 Å². The number of para-hydroxylation sites is 1. The van der Waals surface area contributed by atoms with Crippen LogP contribution in [0.4, 0.5) is 5.69 Å². The van der Waals surface area contributed by atoms with Crippen LogP contribution in [0.5, 0.6) is 0 Å². The fraction of sp³-hybridized carbons (Fsp3) is 0.318. The normalized spacial score (nSPS) is 12.2. The molecule has 0 saturated carbocycles. The lowest BCUT2D eigenvalue weighted by molar-refractivity contribution is -0.117. The predicted molar refractivity (Wildman–Crippen MR) is 107 cm³/mol.